The van der Waals surface area contributed by atoms with E-state index in [-0.39, 0.29) is 17.8 Å². The van der Waals surface area contributed by atoms with E-state index in [9.17, 15) is 5.11 Å². The second kappa shape index (κ2) is 6.59. The number of amidine groups is 1. The Kier molecular flexibility index (Phi) is 4.29. The smallest absolute Gasteiger partial charge is 0.161 e. The fourth-order valence-corrected chi connectivity index (χ4v) is 4.56. The number of hydrogen-bond donors (Lipinski definition) is 1. The molecule has 2 aliphatic rings. The molecule has 1 fully saturated rings. The van der Waals surface area contributed by atoms with Crippen LogP contribution >= 0.6 is 11.8 Å². The SMILES string of the molecule is CCOc1cc([C@@H]2[C@@H](c3ccccn3)N=C3S[C@@H](C)CN32)ccc1O. The van der Waals surface area contributed by atoms with E-state index in [1.807, 2.05) is 55.2 Å². The minimum atomic E-state index is -0.0461. The fourth-order valence-electron chi connectivity index (χ4n) is 3.46. The van der Waals surface area contributed by atoms with E-state index in [0.717, 1.165) is 23.0 Å². The number of thioether (sulfide) groups is 1. The van der Waals surface area contributed by atoms with Gasteiger partial charge in [0, 0.05) is 18.0 Å². The molecule has 2 aromatic rings. The molecule has 3 heterocycles. The largest absolute Gasteiger partial charge is 0.504 e. The van der Waals surface area contributed by atoms with Crippen molar-refractivity contribution in [1.29, 1.82) is 0 Å². The van der Waals surface area contributed by atoms with E-state index in [0.29, 0.717) is 17.6 Å². The Labute approximate surface area is 151 Å². The van der Waals surface area contributed by atoms with Crippen LogP contribution in [0.2, 0.25) is 0 Å². The van der Waals surface area contributed by atoms with Gasteiger partial charge in [-0.05, 0) is 36.8 Å². The van der Waals surface area contributed by atoms with E-state index in [2.05, 4.69) is 16.8 Å². The highest BCUT2D eigenvalue weighted by molar-refractivity contribution is 8.14. The first-order chi connectivity index (χ1) is 12.2. The number of hydrogen-bond acceptors (Lipinski definition) is 6. The van der Waals surface area contributed by atoms with E-state index in [4.69, 9.17) is 9.73 Å². The minimum absolute atomic E-state index is 0.0461. The first kappa shape index (κ1) is 16.3. The normalized spacial score (nSPS) is 25.0. The molecule has 0 saturated carbocycles. The van der Waals surface area contributed by atoms with Gasteiger partial charge >= 0.3 is 0 Å². The van der Waals surface area contributed by atoms with Crippen LogP contribution in [0.5, 0.6) is 11.5 Å². The zero-order valence-corrected chi connectivity index (χ0v) is 15.1. The molecule has 1 aromatic carbocycles. The van der Waals surface area contributed by atoms with Crippen LogP contribution in [0.3, 0.4) is 0 Å². The quantitative estimate of drug-likeness (QED) is 0.905. The Morgan fingerprint density at radius 3 is 2.96 bits per heavy atom. The van der Waals surface area contributed by atoms with Crippen LogP contribution in [0.1, 0.15) is 37.2 Å². The summed E-state index contributed by atoms with van der Waals surface area (Å²) in [5.41, 5.74) is 2.05. The molecule has 4 rings (SSSR count). The predicted molar refractivity (Wildman–Crippen MR) is 100 cm³/mol. The van der Waals surface area contributed by atoms with Crippen molar-refractivity contribution in [3.63, 3.8) is 0 Å². The van der Waals surface area contributed by atoms with Crippen molar-refractivity contribution in [2.45, 2.75) is 31.2 Å². The Hall–Kier alpha value is -2.21. The molecule has 1 aromatic heterocycles. The van der Waals surface area contributed by atoms with Crippen molar-refractivity contribution in [3.05, 3.63) is 53.9 Å². The van der Waals surface area contributed by atoms with Gasteiger partial charge in [0.1, 0.15) is 6.04 Å². The lowest BCUT2D eigenvalue weighted by Gasteiger charge is -2.27. The molecule has 0 unspecified atom stereocenters. The number of aliphatic imine (C=N–C) groups is 1. The fraction of sp³-hybridized carbons (Fsp3) is 0.368. The molecule has 0 amide bonds. The third kappa shape index (κ3) is 2.95. The molecule has 2 aliphatic heterocycles. The van der Waals surface area contributed by atoms with Gasteiger partial charge in [-0.3, -0.25) is 9.98 Å². The summed E-state index contributed by atoms with van der Waals surface area (Å²) in [5, 5.41) is 11.6. The Morgan fingerprint density at radius 1 is 1.32 bits per heavy atom. The Morgan fingerprint density at radius 2 is 2.20 bits per heavy atom. The van der Waals surface area contributed by atoms with Crippen molar-refractivity contribution in [2.75, 3.05) is 13.2 Å². The molecular formula is C19H21N3O2S. The number of rotatable bonds is 4. The Bertz CT molecular complexity index is 797. The van der Waals surface area contributed by atoms with Gasteiger partial charge in [0.05, 0.1) is 18.3 Å². The minimum Gasteiger partial charge on any atom is -0.504 e. The van der Waals surface area contributed by atoms with Crippen LogP contribution in [0.4, 0.5) is 0 Å². The molecule has 1 N–H and O–H groups in total. The number of phenols is 1. The highest BCUT2D eigenvalue weighted by Gasteiger charge is 2.43. The van der Waals surface area contributed by atoms with E-state index >= 15 is 0 Å². The van der Waals surface area contributed by atoms with Crippen LogP contribution in [0.25, 0.3) is 0 Å². The zero-order chi connectivity index (χ0) is 17.4. The maximum atomic E-state index is 10.0. The summed E-state index contributed by atoms with van der Waals surface area (Å²) in [5.74, 6) is 0.691. The Balaban J connectivity index is 1.76. The summed E-state index contributed by atoms with van der Waals surface area (Å²) < 4.78 is 5.58. The van der Waals surface area contributed by atoms with Crippen molar-refractivity contribution >= 4 is 16.9 Å². The number of aromatic nitrogens is 1. The first-order valence-corrected chi connectivity index (χ1v) is 9.43. The summed E-state index contributed by atoms with van der Waals surface area (Å²) >= 11 is 1.82. The van der Waals surface area contributed by atoms with Crippen molar-refractivity contribution in [1.82, 2.24) is 9.88 Å². The van der Waals surface area contributed by atoms with Gasteiger partial charge in [-0.2, -0.15) is 0 Å². The second-order valence-corrected chi connectivity index (χ2v) is 7.70. The van der Waals surface area contributed by atoms with Gasteiger partial charge in [0.2, 0.25) is 0 Å². The van der Waals surface area contributed by atoms with Crippen molar-refractivity contribution in [3.8, 4) is 11.5 Å². The molecule has 0 radical (unpaired) electrons. The number of fused-ring (bicyclic) bond motifs is 1. The summed E-state index contributed by atoms with van der Waals surface area (Å²) in [6, 6.07) is 11.6. The molecule has 1 saturated heterocycles. The number of benzene rings is 1. The highest BCUT2D eigenvalue weighted by Crippen LogP contribution is 2.48. The van der Waals surface area contributed by atoms with Gasteiger partial charge in [0.25, 0.3) is 0 Å². The average molecular weight is 355 g/mol. The van der Waals surface area contributed by atoms with Gasteiger partial charge in [0.15, 0.2) is 16.7 Å². The lowest BCUT2D eigenvalue weighted by atomic mass is 9.96. The van der Waals surface area contributed by atoms with Gasteiger partial charge < -0.3 is 14.7 Å². The number of aromatic hydroxyl groups is 1. The van der Waals surface area contributed by atoms with Crippen LogP contribution in [0.15, 0.2) is 47.6 Å². The molecule has 5 nitrogen and oxygen atoms in total. The van der Waals surface area contributed by atoms with Crippen LogP contribution in [0, 0.1) is 0 Å². The molecule has 3 atom stereocenters. The molecule has 6 heteroatoms. The number of pyridine rings is 1. The molecule has 25 heavy (non-hydrogen) atoms. The first-order valence-electron chi connectivity index (χ1n) is 8.55. The van der Waals surface area contributed by atoms with Gasteiger partial charge in [-0.15, -0.1) is 0 Å². The highest BCUT2D eigenvalue weighted by atomic mass is 32.2. The lowest BCUT2D eigenvalue weighted by molar-refractivity contribution is 0.306. The van der Waals surface area contributed by atoms with Gasteiger partial charge in [-0.25, -0.2) is 0 Å². The molecule has 0 bridgehead atoms. The van der Waals surface area contributed by atoms with Gasteiger partial charge in [-0.1, -0.05) is 30.8 Å². The maximum Gasteiger partial charge on any atom is 0.161 e. The summed E-state index contributed by atoms with van der Waals surface area (Å²) in [6.45, 7) is 5.62. The zero-order valence-electron chi connectivity index (χ0n) is 14.3. The lowest BCUT2D eigenvalue weighted by Crippen LogP contribution is -2.28. The molecule has 0 aliphatic carbocycles. The number of phenolic OH excluding ortho intramolecular Hbond substituents is 1. The van der Waals surface area contributed by atoms with E-state index in [1.54, 1.807) is 6.07 Å². The van der Waals surface area contributed by atoms with Crippen molar-refractivity contribution in [2.24, 2.45) is 4.99 Å². The van der Waals surface area contributed by atoms with Crippen LogP contribution < -0.4 is 4.74 Å². The number of nitrogens with zero attached hydrogens (tertiary/aromatic N) is 3. The summed E-state index contributed by atoms with van der Waals surface area (Å²) in [7, 11) is 0. The molecule has 130 valence electrons. The maximum absolute atomic E-state index is 10.0. The average Bonchev–Trinajstić information content (AvgIpc) is 3.14. The monoisotopic (exact) mass is 355 g/mol. The van der Waals surface area contributed by atoms with Crippen molar-refractivity contribution < 1.29 is 9.84 Å². The third-order valence-corrected chi connectivity index (χ3v) is 5.61. The summed E-state index contributed by atoms with van der Waals surface area (Å²) in [4.78, 5) is 11.9. The second-order valence-electron chi connectivity index (χ2n) is 6.30. The summed E-state index contributed by atoms with van der Waals surface area (Å²) in [6.07, 6.45) is 1.81. The van der Waals surface area contributed by atoms with E-state index < -0.39 is 0 Å². The molecule has 0 spiro atoms. The van der Waals surface area contributed by atoms with Crippen LogP contribution in [-0.4, -0.2) is 38.6 Å². The van der Waals surface area contributed by atoms with Crippen LogP contribution in [-0.2, 0) is 0 Å². The topological polar surface area (TPSA) is 58.0 Å². The van der Waals surface area contributed by atoms with E-state index in [1.165, 1.54) is 0 Å². The molecular weight excluding hydrogens is 334 g/mol. The third-order valence-electron chi connectivity index (χ3n) is 4.51. The standard InChI is InChI=1S/C19H21N3O2S/c1-3-24-16-10-13(7-8-15(16)23)18-17(14-6-4-5-9-20-14)21-19-22(18)11-12(2)25-19/h4-10,12,17-18,23H,3,11H2,1-2H3/t12-,17+,18+/m0/s1. The number of ether oxygens (including phenoxy) is 1. The predicted octanol–water partition coefficient (Wildman–Crippen LogP) is 3.78.